The predicted octanol–water partition coefficient (Wildman–Crippen LogP) is 6.25. The van der Waals surface area contributed by atoms with Crippen molar-refractivity contribution in [3.05, 3.63) is 108 Å². The average Bonchev–Trinajstić information content (AvgIpc) is 3.34. The number of aromatic amines is 1. The van der Waals surface area contributed by atoms with E-state index >= 15 is 0 Å². The molecule has 0 fully saturated rings. The van der Waals surface area contributed by atoms with Gasteiger partial charge in [-0.2, -0.15) is 0 Å². The number of nitrogens with zero attached hydrogens (tertiary/aromatic N) is 3. The number of carboxylic acids is 1. The van der Waals surface area contributed by atoms with Crippen LogP contribution in [0.3, 0.4) is 0 Å². The first-order valence-corrected chi connectivity index (χ1v) is 11.2. The lowest BCUT2D eigenvalue weighted by molar-refractivity contribution is 0.0697. The topological polar surface area (TPSA) is 103 Å². The standard InChI is InChI=1S/C28H23N5O2/c1-18(20-5-3-2-4-6-20)32-26-24-15-25(33-27(24)31-17-30-26)21-11-13-23(14-12-21)29-16-19-7-9-22(10-8-19)28(34)35/h2-18H,1H3,(H,34,35)(H2,30,31,32,33)/t18-/m1/s1. The van der Waals surface area contributed by atoms with Crippen molar-refractivity contribution < 1.29 is 9.90 Å². The van der Waals surface area contributed by atoms with Crippen LogP contribution >= 0.6 is 0 Å². The van der Waals surface area contributed by atoms with Crippen LogP contribution in [-0.2, 0) is 0 Å². The summed E-state index contributed by atoms with van der Waals surface area (Å²) < 4.78 is 0. The lowest BCUT2D eigenvalue weighted by Crippen LogP contribution is -2.08. The molecule has 0 aliphatic heterocycles. The lowest BCUT2D eigenvalue weighted by Gasteiger charge is -2.15. The Kier molecular flexibility index (Phi) is 6.05. The largest absolute Gasteiger partial charge is 0.478 e. The van der Waals surface area contributed by atoms with Crippen LogP contribution in [0.5, 0.6) is 0 Å². The molecule has 35 heavy (non-hydrogen) atoms. The molecule has 7 nitrogen and oxygen atoms in total. The summed E-state index contributed by atoms with van der Waals surface area (Å²) in [5, 5.41) is 13.4. The van der Waals surface area contributed by atoms with Gasteiger partial charge in [0.1, 0.15) is 17.8 Å². The molecule has 5 rings (SSSR count). The number of hydrogen-bond donors (Lipinski definition) is 3. The molecule has 0 saturated carbocycles. The summed E-state index contributed by atoms with van der Waals surface area (Å²) in [6, 6.07) is 26.9. The van der Waals surface area contributed by atoms with E-state index in [9.17, 15) is 4.79 Å². The molecule has 0 saturated heterocycles. The average molecular weight is 462 g/mol. The third-order valence-electron chi connectivity index (χ3n) is 5.78. The number of fused-ring (bicyclic) bond motifs is 1. The van der Waals surface area contributed by atoms with Crippen molar-refractivity contribution in [3.63, 3.8) is 0 Å². The van der Waals surface area contributed by atoms with Gasteiger partial charge in [-0.3, -0.25) is 4.99 Å². The molecule has 0 aliphatic carbocycles. The van der Waals surface area contributed by atoms with Gasteiger partial charge >= 0.3 is 5.97 Å². The number of nitrogens with one attached hydrogen (secondary N) is 2. The third-order valence-corrected chi connectivity index (χ3v) is 5.78. The fourth-order valence-corrected chi connectivity index (χ4v) is 3.83. The minimum atomic E-state index is -0.944. The molecule has 1 atom stereocenters. The van der Waals surface area contributed by atoms with E-state index in [0.717, 1.165) is 39.4 Å². The highest BCUT2D eigenvalue weighted by Gasteiger charge is 2.12. The van der Waals surface area contributed by atoms with Gasteiger partial charge in [0.05, 0.1) is 16.6 Å². The molecule has 0 radical (unpaired) electrons. The zero-order valence-electron chi connectivity index (χ0n) is 19.0. The minimum Gasteiger partial charge on any atom is -0.478 e. The maximum atomic E-state index is 11.0. The Bertz CT molecular complexity index is 1490. The number of aromatic carboxylic acids is 1. The van der Waals surface area contributed by atoms with Crippen molar-refractivity contribution in [1.29, 1.82) is 0 Å². The normalized spacial score (nSPS) is 12.1. The first kappa shape index (κ1) is 22.0. The Hall–Kier alpha value is -4.78. The van der Waals surface area contributed by atoms with Gasteiger partial charge in [0.15, 0.2) is 0 Å². The first-order chi connectivity index (χ1) is 17.1. The number of anilines is 1. The molecule has 0 spiro atoms. The number of hydrogen-bond acceptors (Lipinski definition) is 5. The second-order valence-electron chi connectivity index (χ2n) is 8.18. The van der Waals surface area contributed by atoms with Crippen molar-refractivity contribution in [1.82, 2.24) is 15.0 Å². The zero-order valence-corrected chi connectivity index (χ0v) is 19.0. The molecule has 0 unspecified atom stereocenters. The van der Waals surface area contributed by atoms with Crippen LogP contribution in [0.1, 0.15) is 34.5 Å². The molecule has 5 aromatic rings. The molecule has 172 valence electrons. The Morgan fingerprint density at radius 3 is 2.46 bits per heavy atom. The summed E-state index contributed by atoms with van der Waals surface area (Å²) in [6.07, 6.45) is 3.27. The van der Waals surface area contributed by atoms with Gasteiger partial charge in [0.25, 0.3) is 0 Å². The molecular weight excluding hydrogens is 438 g/mol. The first-order valence-electron chi connectivity index (χ1n) is 11.2. The lowest BCUT2D eigenvalue weighted by atomic mass is 10.1. The van der Waals surface area contributed by atoms with Gasteiger partial charge in [-0.1, -0.05) is 54.6 Å². The van der Waals surface area contributed by atoms with Crippen LogP contribution in [0.25, 0.3) is 22.3 Å². The van der Waals surface area contributed by atoms with Crippen LogP contribution < -0.4 is 5.32 Å². The second kappa shape index (κ2) is 9.61. The monoisotopic (exact) mass is 461 g/mol. The Morgan fingerprint density at radius 2 is 1.74 bits per heavy atom. The van der Waals surface area contributed by atoms with Crippen molar-refractivity contribution >= 4 is 34.7 Å². The van der Waals surface area contributed by atoms with Gasteiger partial charge in [-0.15, -0.1) is 0 Å². The minimum absolute atomic E-state index is 0.102. The number of aliphatic imine (C=N–C) groups is 1. The SMILES string of the molecule is C[C@@H](Nc1ncnc2[nH]c(-c3ccc(N=Cc4ccc(C(=O)O)cc4)cc3)cc12)c1ccccc1. The maximum Gasteiger partial charge on any atom is 0.335 e. The molecule has 2 aromatic heterocycles. The van der Waals surface area contributed by atoms with E-state index in [0.29, 0.717) is 0 Å². The van der Waals surface area contributed by atoms with Crippen molar-refractivity contribution in [2.75, 3.05) is 5.32 Å². The summed E-state index contributed by atoms with van der Waals surface area (Å²) in [4.78, 5) is 27.7. The number of carbonyl (C=O) groups is 1. The molecule has 3 N–H and O–H groups in total. The van der Waals surface area contributed by atoms with Crippen LogP contribution in [0, 0.1) is 0 Å². The predicted molar refractivity (Wildman–Crippen MR) is 138 cm³/mol. The van der Waals surface area contributed by atoms with Gasteiger partial charge < -0.3 is 15.4 Å². The van der Waals surface area contributed by atoms with Gasteiger partial charge in [0.2, 0.25) is 0 Å². The Morgan fingerprint density at radius 1 is 1.00 bits per heavy atom. The van der Waals surface area contributed by atoms with Crippen LogP contribution in [0.2, 0.25) is 0 Å². The molecule has 0 amide bonds. The highest BCUT2D eigenvalue weighted by atomic mass is 16.4. The smallest absolute Gasteiger partial charge is 0.335 e. The van der Waals surface area contributed by atoms with E-state index < -0.39 is 5.97 Å². The summed E-state index contributed by atoms with van der Waals surface area (Å²) in [5.41, 5.74) is 5.78. The van der Waals surface area contributed by atoms with E-state index in [1.165, 1.54) is 5.56 Å². The van der Waals surface area contributed by atoms with E-state index in [1.807, 2.05) is 42.5 Å². The highest BCUT2D eigenvalue weighted by Crippen LogP contribution is 2.29. The molecular formula is C28H23N5O2. The maximum absolute atomic E-state index is 11.0. The fraction of sp³-hybridized carbons (Fsp3) is 0.0714. The number of carboxylic acid groups (broad SMARTS) is 1. The van der Waals surface area contributed by atoms with E-state index in [1.54, 1.807) is 36.8 Å². The second-order valence-corrected chi connectivity index (χ2v) is 8.18. The Balaban J connectivity index is 1.34. The van der Waals surface area contributed by atoms with Crippen molar-refractivity contribution in [2.45, 2.75) is 13.0 Å². The number of rotatable bonds is 7. The summed E-state index contributed by atoms with van der Waals surface area (Å²) >= 11 is 0. The van der Waals surface area contributed by atoms with Crippen molar-refractivity contribution in [3.8, 4) is 11.3 Å². The molecule has 3 aromatic carbocycles. The summed E-state index contributed by atoms with van der Waals surface area (Å²) in [7, 11) is 0. The van der Waals surface area contributed by atoms with Gasteiger partial charge in [0, 0.05) is 18.0 Å². The van der Waals surface area contributed by atoms with Crippen LogP contribution in [-0.4, -0.2) is 32.2 Å². The van der Waals surface area contributed by atoms with Crippen LogP contribution in [0.4, 0.5) is 11.5 Å². The van der Waals surface area contributed by atoms with E-state index in [2.05, 4.69) is 50.4 Å². The fourth-order valence-electron chi connectivity index (χ4n) is 3.83. The van der Waals surface area contributed by atoms with E-state index in [4.69, 9.17) is 5.11 Å². The number of H-pyrrole nitrogens is 1. The quantitative estimate of drug-likeness (QED) is 0.249. The Labute approximate surface area is 202 Å². The summed E-state index contributed by atoms with van der Waals surface area (Å²) in [5.74, 6) is -0.162. The van der Waals surface area contributed by atoms with Gasteiger partial charge in [-0.05, 0) is 53.9 Å². The summed E-state index contributed by atoms with van der Waals surface area (Å²) in [6.45, 7) is 2.11. The molecule has 7 heteroatoms. The highest BCUT2D eigenvalue weighted by molar-refractivity contribution is 5.92. The van der Waals surface area contributed by atoms with Crippen LogP contribution in [0.15, 0.2) is 96.2 Å². The number of aromatic nitrogens is 3. The van der Waals surface area contributed by atoms with E-state index in [-0.39, 0.29) is 11.6 Å². The molecule has 2 heterocycles. The molecule has 0 aliphatic rings. The number of benzene rings is 3. The zero-order chi connectivity index (χ0) is 24.2. The van der Waals surface area contributed by atoms with Crippen molar-refractivity contribution in [2.24, 2.45) is 4.99 Å². The third kappa shape index (κ3) is 4.94. The van der Waals surface area contributed by atoms with Gasteiger partial charge in [-0.25, -0.2) is 14.8 Å². The molecule has 0 bridgehead atoms.